The van der Waals surface area contributed by atoms with Crippen molar-refractivity contribution in [2.75, 3.05) is 6.61 Å². The van der Waals surface area contributed by atoms with Crippen molar-refractivity contribution in [2.45, 2.75) is 64.0 Å². The largest absolute Gasteiger partial charge is 0.481 e. The Morgan fingerprint density at radius 2 is 1.59 bits per heavy atom. The second-order valence-corrected chi connectivity index (χ2v) is 10.5. The van der Waals surface area contributed by atoms with Crippen LogP contribution in [0.3, 0.4) is 0 Å². The minimum Gasteiger partial charge on any atom is -0.481 e. The number of fused-ring (bicyclic) bond motifs is 3. The number of benzene rings is 2. The van der Waals surface area contributed by atoms with Crippen molar-refractivity contribution in [2.24, 2.45) is 5.41 Å². The van der Waals surface area contributed by atoms with Gasteiger partial charge in [-0.25, -0.2) is 4.79 Å². The van der Waals surface area contributed by atoms with Gasteiger partial charge in [-0.3, -0.25) is 9.59 Å². The van der Waals surface area contributed by atoms with Crippen LogP contribution in [-0.4, -0.2) is 41.3 Å². The third kappa shape index (κ3) is 4.79. The van der Waals surface area contributed by atoms with E-state index >= 15 is 0 Å². The van der Waals surface area contributed by atoms with Crippen molar-refractivity contribution in [3.05, 3.63) is 59.7 Å². The van der Waals surface area contributed by atoms with Crippen molar-refractivity contribution in [3.63, 3.8) is 0 Å². The Kier molecular flexibility index (Phi) is 6.39. The summed E-state index contributed by atoms with van der Waals surface area (Å²) in [4.78, 5) is 37.2. The summed E-state index contributed by atoms with van der Waals surface area (Å²) in [6, 6.07) is 15.3. The molecule has 2 aliphatic rings. The highest BCUT2D eigenvalue weighted by Crippen LogP contribution is 2.44. The predicted octanol–water partition coefficient (Wildman–Crippen LogP) is 4.45. The summed E-state index contributed by atoms with van der Waals surface area (Å²) in [5.74, 6) is -1.41. The molecule has 0 bridgehead atoms. The smallest absolute Gasteiger partial charge is 0.407 e. The van der Waals surface area contributed by atoms with E-state index in [1.165, 1.54) is 0 Å². The van der Waals surface area contributed by atoms with Crippen molar-refractivity contribution >= 4 is 18.0 Å². The van der Waals surface area contributed by atoms with Gasteiger partial charge in [-0.1, -0.05) is 69.3 Å². The molecule has 0 saturated heterocycles. The van der Waals surface area contributed by atoms with Crippen LogP contribution in [0.4, 0.5) is 4.79 Å². The molecule has 0 aromatic heterocycles. The lowest BCUT2D eigenvalue weighted by Crippen LogP contribution is -2.62. The molecular weight excluding hydrogens is 432 g/mol. The molecule has 0 unspecified atom stereocenters. The molecule has 2 amide bonds. The van der Waals surface area contributed by atoms with Crippen LogP contribution in [0.1, 0.15) is 63.5 Å². The Labute approximate surface area is 199 Å². The van der Waals surface area contributed by atoms with Crippen molar-refractivity contribution in [3.8, 4) is 11.1 Å². The fraction of sp³-hybridized carbons (Fsp3) is 0.444. The Morgan fingerprint density at radius 1 is 1.03 bits per heavy atom. The summed E-state index contributed by atoms with van der Waals surface area (Å²) in [5, 5.41) is 14.9. The quantitative estimate of drug-likeness (QED) is 0.561. The zero-order valence-electron chi connectivity index (χ0n) is 19.9. The first-order valence-corrected chi connectivity index (χ1v) is 11.7. The number of alkyl carbamates (subject to hydrolysis) is 1. The molecule has 180 valence electrons. The first-order valence-electron chi connectivity index (χ1n) is 11.7. The van der Waals surface area contributed by atoms with Gasteiger partial charge in [0, 0.05) is 5.92 Å². The fourth-order valence-electron chi connectivity index (χ4n) is 5.01. The Bertz CT molecular complexity index is 1050. The Morgan fingerprint density at radius 3 is 2.06 bits per heavy atom. The minimum atomic E-state index is -0.947. The molecule has 7 heteroatoms. The van der Waals surface area contributed by atoms with Crippen molar-refractivity contribution < 1.29 is 24.2 Å². The van der Waals surface area contributed by atoms with Gasteiger partial charge in [0.2, 0.25) is 5.91 Å². The molecule has 1 atom stereocenters. The van der Waals surface area contributed by atoms with E-state index in [1.54, 1.807) is 0 Å². The third-order valence-electron chi connectivity index (χ3n) is 6.92. The molecule has 7 nitrogen and oxygen atoms in total. The third-order valence-corrected chi connectivity index (χ3v) is 6.92. The van der Waals surface area contributed by atoms with Crippen LogP contribution in [0.5, 0.6) is 0 Å². The number of ether oxygens (including phenoxy) is 1. The number of hydrogen-bond acceptors (Lipinski definition) is 4. The standard InChI is InChI=1S/C27H32N2O5/c1-26(2,3)23(24(32)29-27(13-8-14-27)15-22(30)31)28-25(33)34-16-21-19-11-6-4-9-17(19)18-10-5-7-12-20(18)21/h4-7,9-12,21,23H,8,13-16H2,1-3H3,(H,28,33)(H,29,32)(H,30,31)/t23-/m0/s1. The van der Waals surface area contributed by atoms with E-state index in [0.717, 1.165) is 28.7 Å². The van der Waals surface area contributed by atoms with Gasteiger partial charge in [0.25, 0.3) is 0 Å². The molecule has 1 saturated carbocycles. The summed E-state index contributed by atoms with van der Waals surface area (Å²) in [6.45, 7) is 5.71. The fourth-order valence-corrected chi connectivity index (χ4v) is 5.01. The van der Waals surface area contributed by atoms with Crippen LogP contribution < -0.4 is 10.6 Å². The number of carboxylic acid groups (broad SMARTS) is 1. The number of rotatable bonds is 7. The molecular formula is C27H32N2O5. The summed E-state index contributed by atoms with van der Waals surface area (Å²) in [5.41, 5.74) is 3.18. The molecule has 2 aromatic rings. The molecule has 1 fully saturated rings. The average Bonchev–Trinajstić information content (AvgIpc) is 3.07. The number of hydrogen-bond donors (Lipinski definition) is 3. The molecule has 34 heavy (non-hydrogen) atoms. The van der Waals surface area contributed by atoms with E-state index in [4.69, 9.17) is 4.74 Å². The van der Waals surface area contributed by atoms with Gasteiger partial charge in [0.1, 0.15) is 12.6 Å². The van der Waals surface area contributed by atoms with E-state index in [-0.39, 0.29) is 24.9 Å². The number of amides is 2. The van der Waals surface area contributed by atoms with Gasteiger partial charge < -0.3 is 20.5 Å². The van der Waals surface area contributed by atoms with Crippen molar-refractivity contribution in [1.29, 1.82) is 0 Å². The van der Waals surface area contributed by atoms with E-state index < -0.39 is 29.1 Å². The van der Waals surface area contributed by atoms with Gasteiger partial charge in [-0.15, -0.1) is 0 Å². The first-order chi connectivity index (χ1) is 16.1. The molecule has 3 N–H and O–H groups in total. The maximum atomic E-state index is 13.1. The van der Waals surface area contributed by atoms with Gasteiger partial charge in [0.15, 0.2) is 0 Å². The second kappa shape index (κ2) is 9.12. The van der Waals surface area contributed by atoms with E-state index in [1.807, 2.05) is 57.2 Å². The molecule has 4 rings (SSSR count). The van der Waals surface area contributed by atoms with Crippen LogP contribution in [0.25, 0.3) is 11.1 Å². The van der Waals surface area contributed by atoms with Gasteiger partial charge in [0.05, 0.1) is 12.0 Å². The van der Waals surface area contributed by atoms with Crippen LogP contribution in [0, 0.1) is 5.41 Å². The minimum absolute atomic E-state index is 0.0751. The summed E-state index contributed by atoms with van der Waals surface area (Å²) < 4.78 is 5.63. The maximum absolute atomic E-state index is 13.1. The second-order valence-electron chi connectivity index (χ2n) is 10.5. The van der Waals surface area contributed by atoms with Gasteiger partial charge >= 0.3 is 12.1 Å². The Hall–Kier alpha value is -3.35. The van der Waals surface area contributed by atoms with E-state index in [9.17, 15) is 19.5 Å². The summed E-state index contributed by atoms with van der Waals surface area (Å²) in [7, 11) is 0. The van der Waals surface area contributed by atoms with E-state index in [0.29, 0.717) is 12.8 Å². The molecule has 0 aliphatic heterocycles. The normalized spacial score (nSPS) is 17.0. The van der Waals surface area contributed by atoms with Crippen LogP contribution in [0.2, 0.25) is 0 Å². The SMILES string of the molecule is CC(C)(C)[C@@H](NC(=O)OCC1c2ccccc2-c2ccccc21)C(=O)NC1(CC(=O)O)CCC1. The van der Waals surface area contributed by atoms with Crippen LogP contribution >= 0.6 is 0 Å². The summed E-state index contributed by atoms with van der Waals surface area (Å²) >= 11 is 0. The highest BCUT2D eigenvalue weighted by molar-refractivity contribution is 5.87. The van der Waals surface area contributed by atoms with Gasteiger partial charge in [-0.05, 0) is 46.9 Å². The van der Waals surface area contributed by atoms with E-state index in [2.05, 4.69) is 22.8 Å². The molecule has 0 heterocycles. The molecule has 0 radical (unpaired) electrons. The summed E-state index contributed by atoms with van der Waals surface area (Å²) in [6.07, 6.45) is 1.31. The van der Waals surface area contributed by atoms with Crippen molar-refractivity contribution in [1.82, 2.24) is 10.6 Å². The lowest BCUT2D eigenvalue weighted by Gasteiger charge is -2.43. The predicted molar refractivity (Wildman–Crippen MR) is 128 cm³/mol. The topological polar surface area (TPSA) is 105 Å². The van der Waals surface area contributed by atoms with Crippen LogP contribution in [0.15, 0.2) is 48.5 Å². The average molecular weight is 465 g/mol. The van der Waals surface area contributed by atoms with Gasteiger partial charge in [-0.2, -0.15) is 0 Å². The monoisotopic (exact) mass is 464 g/mol. The first kappa shape index (κ1) is 23.8. The maximum Gasteiger partial charge on any atom is 0.407 e. The number of aliphatic carboxylic acids is 1. The Balaban J connectivity index is 1.43. The number of nitrogens with one attached hydrogen (secondary N) is 2. The zero-order valence-corrected chi connectivity index (χ0v) is 19.9. The highest BCUT2D eigenvalue weighted by atomic mass is 16.5. The lowest BCUT2D eigenvalue weighted by molar-refractivity contribution is -0.141. The molecule has 0 spiro atoms. The molecule has 2 aliphatic carbocycles. The highest BCUT2D eigenvalue weighted by Gasteiger charge is 2.44. The number of carbonyl (C=O) groups excluding carboxylic acids is 2. The number of carbonyl (C=O) groups is 3. The number of carboxylic acids is 1. The lowest BCUT2D eigenvalue weighted by atomic mass is 9.73. The van der Waals surface area contributed by atoms with Crippen LogP contribution in [-0.2, 0) is 14.3 Å². The molecule has 2 aromatic carbocycles. The zero-order chi connectivity index (χ0) is 24.5.